The van der Waals surface area contributed by atoms with Gasteiger partial charge in [0.1, 0.15) is 16.3 Å². The van der Waals surface area contributed by atoms with Crippen LogP contribution in [0.15, 0.2) is 71.6 Å². The van der Waals surface area contributed by atoms with Crippen LogP contribution in [0.3, 0.4) is 0 Å². The molecule has 3 rings (SSSR count). The number of anilines is 1. The molecule has 0 unspecified atom stereocenters. The van der Waals surface area contributed by atoms with Gasteiger partial charge in [-0.3, -0.25) is 0 Å². The molecule has 32 heavy (non-hydrogen) atoms. The molecule has 0 aromatic heterocycles. The van der Waals surface area contributed by atoms with Crippen LogP contribution in [0.2, 0.25) is 0 Å². The summed E-state index contributed by atoms with van der Waals surface area (Å²) in [7, 11) is -3.80. The Kier molecular flexibility index (Phi) is 7.04. The second kappa shape index (κ2) is 9.57. The Morgan fingerprint density at radius 1 is 0.875 bits per heavy atom. The van der Waals surface area contributed by atoms with Crippen molar-refractivity contribution in [2.45, 2.75) is 51.3 Å². The highest BCUT2D eigenvalue weighted by atomic mass is 32.2. The predicted molar refractivity (Wildman–Crippen MR) is 130 cm³/mol. The maximum atomic E-state index is 13.1. The van der Waals surface area contributed by atoms with Crippen molar-refractivity contribution in [2.24, 2.45) is 0 Å². The highest BCUT2D eigenvalue weighted by Gasteiger charge is 2.22. The van der Waals surface area contributed by atoms with Gasteiger partial charge >= 0.3 is 10.0 Å². The van der Waals surface area contributed by atoms with E-state index >= 15 is 0 Å². The van der Waals surface area contributed by atoms with E-state index in [0.717, 1.165) is 16.7 Å². The lowest BCUT2D eigenvalue weighted by Crippen LogP contribution is -2.78. The van der Waals surface area contributed by atoms with Gasteiger partial charge in [0.2, 0.25) is 0 Å². The lowest BCUT2D eigenvalue weighted by atomic mass is 9.93. The third kappa shape index (κ3) is 5.37. The summed E-state index contributed by atoms with van der Waals surface area (Å²) in [5, 5.41) is 14.0. The molecule has 0 amide bonds. The van der Waals surface area contributed by atoms with Gasteiger partial charge in [-0.2, -0.15) is 12.8 Å². The Bertz CT molecular complexity index is 1180. The maximum Gasteiger partial charge on any atom is 0.328 e. The van der Waals surface area contributed by atoms with E-state index in [1.54, 1.807) is 24.3 Å². The molecule has 0 radical (unpaired) electrons. The van der Waals surface area contributed by atoms with Gasteiger partial charge in [-0.25, -0.2) is 5.32 Å². The van der Waals surface area contributed by atoms with Crippen molar-refractivity contribution in [1.82, 2.24) is 0 Å². The first-order valence-electron chi connectivity index (χ1n) is 10.7. The average molecular weight is 452 g/mol. The molecule has 0 saturated carbocycles. The first-order valence-corrected chi connectivity index (χ1v) is 12.2. The molecule has 3 N–H and O–H groups in total. The zero-order chi connectivity index (χ0) is 23.5. The van der Waals surface area contributed by atoms with E-state index in [4.69, 9.17) is 0 Å². The van der Waals surface area contributed by atoms with E-state index in [1.807, 2.05) is 77.1 Å². The van der Waals surface area contributed by atoms with Crippen molar-refractivity contribution in [3.05, 3.63) is 89.0 Å². The molecular weight excluding hydrogens is 420 g/mol. The summed E-state index contributed by atoms with van der Waals surface area (Å²) in [5.74, 6) is 0.862. The Morgan fingerprint density at radius 2 is 1.41 bits per heavy atom. The number of benzene rings is 3. The van der Waals surface area contributed by atoms with Gasteiger partial charge in [-0.15, -0.1) is 0 Å². The average Bonchev–Trinajstić information content (AvgIpc) is 2.74. The quantitative estimate of drug-likeness (QED) is 0.297. The van der Waals surface area contributed by atoms with E-state index in [9.17, 15) is 13.5 Å². The summed E-state index contributed by atoms with van der Waals surface area (Å²) in [6.45, 7) is 9.99. The molecular formula is C26H31N2O3S+. The lowest BCUT2D eigenvalue weighted by Gasteiger charge is -2.16. The number of phenolic OH excluding ortho intramolecular Hbond substituents is 1. The number of nitrogens with one attached hydrogen (secondary N) is 2. The highest BCUT2D eigenvalue weighted by Crippen LogP contribution is 2.36. The number of hydrogen-bond donors (Lipinski definition) is 3. The number of phenols is 1. The van der Waals surface area contributed by atoms with E-state index in [0.29, 0.717) is 22.8 Å². The van der Waals surface area contributed by atoms with E-state index in [1.165, 1.54) is 0 Å². The minimum absolute atomic E-state index is 0.110. The van der Waals surface area contributed by atoms with Crippen LogP contribution in [0.4, 0.5) is 5.69 Å². The first kappa shape index (κ1) is 23.5. The fourth-order valence-corrected chi connectivity index (χ4v) is 4.50. The summed E-state index contributed by atoms with van der Waals surface area (Å²) >= 11 is 0. The molecule has 3 aromatic rings. The SMILES string of the molecule is Cc1ccc(S(=O)(=O)[NH+]=C(Nc2cc(C(C)C)c(O)c(C(C)C)c2)c2ccccc2)cc1. The Morgan fingerprint density at radius 3 is 1.91 bits per heavy atom. The smallest absolute Gasteiger partial charge is 0.328 e. The maximum absolute atomic E-state index is 13.1. The zero-order valence-corrected chi connectivity index (χ0v) is 20.0. The molecule has 6 heteroatoms. The standard InChI is InChI=1S/C26H30N2O3S/c1-17(2)23-15-21(16-24(18(3)4)25(23)29)27-26(20-9-7-6-8-10-20)28-32(30,31)22-13-11-19(5)12-14-22/h6-18,29H,1-5H3,(H,27,28)/p+1. The molecule has 0 aliphatic rings. The summed E-state index contributed by atoms with van der Waals surface area (Å²) in [6.07, 6.45) is 0. The molecule has 0 atom stereocenters. The van der Waals surface area contributed by atoms with Gasteiger partial charge in [0, 0.05) is 11.1 Å². The van der Waals surface area contributed by atoms with Gasteiger partial charge in [0.25, 0.3) is 5.84 Å². The fraction of sp³-hybridized carbons (Fsp3) is 0.269. The second-order valence-electron chi connectivity index (χ2n) is 8.60. The number of rotatable bonds is 6. The van der Waals surface area contributed by atoms with Crippen LogP contribution in [0.5, 0.6) is 5.75 Å². The summed E-state index contributed by atoms with van der Waals surface area (Å²) < 4.78 is 28.9. The second-order valence-corrected chi connectivity index (χ2v) is 10.3. The Hall–Kier alpha value is -3.12. The van der Waals surface area contributed by atoms with Crippen LogP contribution < -0.4 is 9.71 Å². The zero-order valence-electron chi connectivity index (χ0n) is 19.2. The van der Waals surface area contributed by atoms with Gasteiger partial charge in [-0.1, -0.05) is 63.6 Å². The molecule has 168 valence electrons. The third-order valence-electron chi connectivity index (χ3n) is 5.31. The van der Waals surface area contributed by atoms with Crippen LogP contribution in [-0.2, 0) is 10.0 Å². The molecule has 5 nitrogen and oxygen atoms in total. The number of sulfonamides is 1. The van der Waals surface area contributed by atoms with E-state index in [2.05, 4.69) is 9.71 Å². The molecule has 0 aliphatic heterocycles. The van der Waals surface area contributed by atoms with E-state index < -0.39 is 10.0 Å². The topological polar surface area (TPSA) is 80.4 Å². The van der Waals surface area contributed by atoms with Gasteiger partial charge in [0.15, 0.2) is 0 Å². The van der Waals surface area contributed by atoms with Crippen molar-refractivity contribution < 1.29 is 17.9 Å². The molecule has 0 spiro atoms. The van der Waals surface area contributed by atoms with Crippen molar-refractivity contribution in [1.29, 1.82) is 0 Å². The van der Waals surface area contributed by atoms with Crippen molar-refractivity contribution >= 4 is 21.5 Å². The van der Waals surface area contributed by atoms with Crippen molar-refractivity contribution in [3.8, 4) is 5.75 Å². The fourth-order valence-electron chi connectivity index (χ4n) is 3.45. The Labute approximate surface area is 190 Å². The Balaban J connectivity index is 2.13. The van der Waals surface area contributed by atoms with Crippen LogP contribution in [0.1, 0.15) is 61.8 Å². The van der Waals surface area contributed by atoms with Gasteiger partial charge < -0.3 is 5.11 Å². The monoisotopic (exact) mass is 451 g/mol. The van der Waals surface area contributed by atoms with Crippen LogP contribution in [-0.4, -0.2) is 19.4 Å². The highest BCUT2D eigenvalue weighted by molar-refractivity contribution is 7.84. The summed E-state index contributed by atoms with van der Waals surface area (Å²) in [5.41, 5.74) is 4.02. The normalized spacial score (nSPS) is 12.4. The molecule has 3 aromatic carbocycles. The third-order valence-corrected chi connectivity index (χ3v) is 6.68. The van der Waals surface area contributed by atoms with Crippen LogP contribution in [0, 0.1) is 6.92 Å². The molecule has 0 aliphatic carbocycles. The first-order chi connectivity index (χ1) is 15.1. The summed E-state index contributed by atoms with van der Waals surface area (Å²) in [6, 6.07) is 19.7. The van der Waals surface area contributed by atoms with Crippen molar-refractivity contribution in [2.75, 3.05) is 5.32 Å². The van der Waals surface area contributed by atoms with E-state index in [-0.39, 0.29) is 16.7 Å². The van der Waals surface area contributed by atoms with Gasteiger partial charge in [-0.05, 0) is 55.2 Å². The molecule has 0 fully saturated rings. The minimum atomic E-state index is -3.80. The predicted octanol–water partition coefficient (Wildman–Crippen LogP) is 4.28. The van der Waals surface area contributed by atoms with Crippen LogP contribution in [0.25, 0.3) is 0 Å². The molecule has 0 heterocycles. The minimum Gasteiger partial charge on any atom is -0.507 e. The number of amidine groups is 1. The number of hydrogen-bond acceptors (Lipinski definition) is 3. The van der Waals surface area contributed by atoms with Crippen molar-refractivity contribution in [3.63, 3.8) is 0 Å². The molecule has 0 bridgehead atoms. The number of aromatic hydroxyl groups is 1. The van der Waals surface area contributed by atoms with Crippen LogP contribution >= 0.6 is 0 Å². The van der Waals surface area contributed by atoms with Gasteiger partial charge in [0.05, 0.1) is 5.56 Å². The summed E-state index contributed by atoms with van der Waals surface area (Å²) in [4.78, 5) is 0.190. The molecule has 0 saturated heterocycles. The number of aryl methyl sites for hydroxylation is 1. The lowest BCUT2D eigenvalue weighted by molar-refractivity contribution is -0.266. The largest absolute Gasteiger partial charge is 0.507 e.